The predicted octanol–water partition coefficient (Wildman–Crippen LogP) is 3.35. The Morgan fingerprint density at radius 3 is 2.69 bits per heavy atom. The molecule has 0 spiro atoms. The van der Waals surface area contributed by atoms with Crippen LogP contribution in [0.5, 0.6) is 0 Å². The van der Waals surface area contributed by atoms with Gasteiger partial charge in [-0.2, -0.15) is 0 Å². The summed E-state index contributed by atoms with van der Waals surface area (Å²) in [5.74, 6) is 0.718. The lowest BCUT2D eigenvalue weighted by atomic mass is 10.1. The Labute approximate surface area is 187 Å². The van der Waals surface area contributed by atoms with Crippen LogP contribution in [0.1, 0.15) is 48.2 Å². The minimum atomic E-state index is -0.110. The number of carbonyl (C=O) groups is 1. The van der Waals surface area contributed by atoms with Crippen LogP contribution in [0.15, 0.2) is 30.5 Å². The molecule has 8 heteroatoms. The van der Waals surface area contributed by atoms with Crippen LogP contribution in [0, 0.1) is 0 Å². The van der Waals surface area contributed by atoms with Gasteiger partial charge in [0.15, 0.2) is 17.2 Å². The van der Waals surface area contributed by atoms with Crippen molar-refractivity contribution in [1.29, 1.82) is 0 Å². The van der Waals surface area contributed by atoms with E-state index < -0.39 is 0 Å². The summed E-state index contributed by atoms with van der Waals surface area (Å²) in [7, 11) is 1.88. The highest BCUT2D eigenvalue weighted by atomic mass is 16.2. The number of carbonyl (C=O) groups excluding carboxylic acids is 1. The van der Waals surface area contributed by atoms with Crippen LogP contribution in [0.2, 0.25) is 0 Å². The highest BCUT2D eigenvalue weighted by Gasteiger charge is 2.29. The molecule has 1 saturated carbocycles. The molecule has 0 unspecified atom stereocenters. The predicted molar refractivity (Wildman–Crippen MR) is 126 cm³/mol. The zero-order valence-electron chi connectivity index (χ0n) is 18.5. The normalized spacial score (nSPS) is 18.2. The molecule has 2 aliphatic heterocycles. The van der Waals surface area contributed by atoms with Crippen LogP contribution >= 0.6 is 0 Å². The fourth-order valence-corrected chi connectivity index (χ4v) is 5.00. The topological polar surface area (TPSA) is 77.8 Å². The van der Waals surface area contributed by atoms with E-state index in [0.717, 1.165) is 50.4 Å². The zero-order chi connectivity index (χ0) is 21.7. The van der Waals surface area contributed by atoms with E-state index >= 15 is 0 Å². The lowest BCUT2D eigenvalue weighted by molar-refractivity contribution is 0.0944. The van der Waals surface area contributed by atoms with E-state index in [2.05, 4.69) is 43.6 Å². The highest BCUT2D eigenvalue weighted by molar-refractivity contribution is 5.94. The molecule has 1 aliphatic carbocycles. The molecule has 3 aliphatic rings. The van der Waals surface area contributed by atoms with E-state index in [9.17, 15) is 4.79 Å². The summed E-state index contributed by atoms with van der Waals surface area (Å²) in [6.45, 7) is 3.15. The van der Waals surface area contributed by atoms with Crippen molar-refractivity contribution in [3.63, 3.8) is 0 Å². The number of amides is 1. The number of fused-ring (bicyclic) bond motifs is 2. The Bertz CT molecular complexity index is 1180. The minimum absolute atomic E-state index is 0.110. The number of anilines is 4. The molecular weight excluding hydrogens is 402 g/mol. The Kier molecular flexibility index (Phi) is 4.66. The molecule has 3 aromatic rings. The first kappa shape index (κ1) is 19.4. The Hall–Kier alpha value is -3.29. The molecule has 0 radical (unpaired) electrons. The smallest absolute Gasteiger partial charge is 0.271 e. The lowest BCUT2D eigenvalue weighted by Crippen LogP contribution is -2.30. The third kappa shape index (κ3) is 3.25. The maximum Gasteiger partial charge on any atom is 0.271 e. The quantitative estimate of drug-likeness (QED) is 0.645. The summed E-state index contributed by atoms with van der Waals surface area (Å²) in [5.41, 5.74) is 5.99. The Morgan fingerprint density at radius 1 is 1.09 bits per heavy atom. The van der Waals surface area contributed by atoms with Crippen LogP contribution in [-0.4, -0.2) is 53.2 Å². The standard InChI is InChI=1S/C24H29N7O/c1-25-18-14-22(28-31-21(15-26-23(18)31)24(32)27-16-8-9-16)30-13-10-17-19(6-5-7-20(17)30)29-11-3-2-4-12-29/h5-7,14-16,25H,2-4,8-13H2,1H3,(H,27,32). The van der Waals surface area contributed by atoms with Crippen molar-refractivity contribution in [3.05, 3.63) is 41.7 Å². The molecule has 8 nitrogen and oxygen atoms in total. The number of hydrogen-bond acceptors (Lipinski definition) is 6. The van der Waals surface area contributed by atoms with Gasteiger partial charge in [-0.1, -0.05) is 6.07 Å². The number of nitrogens with zero attached hydrogens (tertiary/aromatic N) is 5. The molecule has 0 atom stereocenters. The molecule has 1 saturated heterocycles. The van der Waals surface area contributed by atoms with Crippen molar-refractivity contribution in [2.24, 2.45) is 0 Å². The maximum atomic E-state index is 12.8. The monoisotopic (exact) mass is 431 g/mol. The van der Waals surface area contributed by atoms with E-state index in [-0.39, 0.29) is 5.91 Å². The van der Waals surface area contributed by atoms with Gasteiger partial charge in [0.1, 0.15) is 0 Å². The molecule has 2 fully saturated rings. The summed E-state index contributed by atoms with van der Waals surface area (Å²) in [6.07, 6.45) is 8.58. The maximum absolute atomic E-state index is 12.8. The number of aromatic nitrogens is 3. The first-order chi connectivity index (χ1) is 15.7. The number of imidazole rings is 1. The van der Waals surface area contributed by atoms with Gasteiger partial charge in [-0.25, -0.2) is 9.50 Å². The van der Waals surface area contributed by atoms with E-state index in [1.807, 2.05) is 13.1 Å². The van der Waals surface area contributed by atoms with Crippen LogP contribution in [0.3, 0.4) is 0 Å². The number of nitrogens with one attached hydrogen (secondary N) is 2. The first-order valence-corrected chi connectivity index (χ1v) is 11.7. The van der Waals surface area contributed by atoms with Gasteiger partial charge in [0.2, 0.25) is 0 Å². The van der Waals surface area contributed by atoms with E-state index in [4.69, 9.17) is 5.10 Å². The van der Waals surface area contributed by atoms with Crippen LogP contribution in [0.4, 0.5) is 22.9 Å². The van der Waals surface area contributed by atoms with Gasteiger partial charge in [-0.15, -0.1) is 5.10 Å². The van der Waals surface area contributed by atoms with Crippen molar-refractivity contribution in [1.82, 2.24) is 19.9 Å². The molecule has 6 rings (SSSR count). The molecule has 1 amide bonds. The van der Waals surface area contributed by atoms with Gasteiger partial charge in [0.25, 0.3) is 5.91 Å². The van der Waals surface area contributed by atoms with E-state index in [0.29, 0.717) is 17.4 Å². The summed E-state index contributed by atoms with van der Waals surface area (Å²) in [6, 6.07) is 8.94. The van der Waals surface area contributed by atoms with Gasteiger partial charge < -0.3 is 20.4 Å². The highest BCUT2D eigenvalue weighted by Crippen LogP contribution is 2.40. The molecule has 4 heterocycles. The second kappa shape index (κ2) is 7.69. The van der Waals surface area contributed by atoms with Crippen molar-refractivity contribution >= 4 is 34.4 Å². The molecule has 166 valence electrons. The van der Waals surface area contributed by atoms with Gasteiger partial charge in [-0.3, -0.25) is 4.79 Å². The molecule has 1 aromatic carbocycles. The van der Waals surface area contributed by atoms with Crippen LogP contribution in [-0.2, 0) is 6.42 Å². The van der Waals surface area contributed by atoms with Crippen molar-refractivity contribution < 1.29 is 4.79 Å². The Balaban J connectivity index is 1.40. The van der Waals surface area contributed by atoms with Crippen LogP contribution in [0.25, 0.3) is 5.65 Å². The fraction of sp³-hybridized carbons (Fsp3) is 0.458. The van der Waals surface area contributed by atoms with E-state index in [1.165, 1.54) is 36.2 Å². The van der Waals surface area contributed by atoms with Crippen molar-refractivity contribution in [3.8, 4) is 0 Å². The molecule has 2 aromatic heterocycles. The van der Waals surface area contributed by atoms with E-state index in [1.54, 1.807) is 10.7 Å². The summed E-state index contributed by atoms with van der Waals surface area (Å²) in [5, 5.41) is 11.2. The average molecular weight is 432 g/mol. The van der Waals surface area contributed by atoms with Crippen molar-refractivity contribution in [2.45, 2.75) is 44.6 Å². The third-order valence-electron chi connectivity index (χ3n) is 6.85. The summed E-state index contributed by atoms with van der Waals surface area (Å²) < 4.78 is 1.69. The van der Waals surface area contributed by atoms with Gasteiger partial charge in [-0.05, 0) is 50.7 Å². The van der Waals surface area contributed by atoms with Gasteiger partial charge in [0, 0.05) is 55.7 Å². The summed E-state index contributed by atoms with van der Waals surface area (Å²) >= 11 is 0. The lowest BCUT2D eigenvalue weighted by Gasteiger charge is -2.30. The first-order valence-electron chi connectivity index (χ1n) is 11.7. The number of piperidine rings is 1. The number of hydrogen-bond donors (Lipinski definition) is 2. The van der Waals surface area contributed by atoms with Gasteiger partial charge >= 0.3 is 0 Å². The Morgan fingerprint density at radius 2 is 1.91 bits per heavy atom. The second-order valence-corrected chi connectivity index (χ2v) is 9.02. The van der Waals surface area contributed by atoms with Crippen LogP contribution < -0.4 is 20.4 Å². The zero-order valence-corrected chi connectivity index (χ0v) is 18.5. The van der Waals surface area contributed by atoms with Gasteiger partial charge in [0.05, 0.1) is 11.9 Å². The average Bonchev–Trinajstić information content (AvgIpc) is 3.37. The molecule has 32 heavy (non-hydrogen) atoms. The summed E-state index contributed by atoms with van der Waals surface area (Å²) in [4.78, 5) is 22.1. The fourth-order valence-electron chi connectivity index (χ4n) is 5.00. The third-order valence-corrected chi connectivity index (χ3v) is 6.85. The SMILES string of the molecule is CNc1cc(N2CCc3c(N4CCCCC4)cccc32)nn2c(C(=O)NC3CC3)cnc12. The largest absolute Gasteiger partial charge is 0.385 e. The molecule has 2 N–H and O–H groups in total. The number of benzene rings is 1. The molecule has 0 bridgehead atoms. The number of rotatable bonds is 5. The minimum Gasteiger partial charge on any atom is -0.385 e. The molecular formula is C24H29N7O. The van der Waals surface area contributed by atoms with Crippen molar-refractivity contribution in [2.75, 3.05) is 41.8 Å². The second-order valence-electron chi connectivity index (χ2n) is 9.02.